The third-order valence-corrected chi connectivity index (χ3v) is 2.98. The van der Waals surface area contributed by atoms with Crippen LogP contribution in [0.15, 0.2) is 18.2 Å². The molecule has 0 aliphatic rings. The van der Waals surface area contributed by atoms with Gasteiger partial charge in [-0.1, -0.05) is 19.9 Å². The molecule has 0 saturated heterocycles. The summed E-state index contributed by atoms with van der Waals surface area (Å²) >= 11 is 0. The molecular formula is C14H20F2N2O. The van der Waals surface area contributed by atoms with Crippen LogP contribution >= 0.6 is 0 Å². The molecule has 3 N–H and O–H groups in total. The SMILES string of the molecule is CC(Cc1c(F)cccc1F)NC(=O)[C@H](N)C(C)C. The van der Waals surface area contributed by atoms with Gasteiger partial charge in [-0.05, 0) is 31.4 Å². The van der Waals surface area contributed by atoms with Crippen LogP contribution in [-0.4, -0.2) is 18.0 Å². The molecule has 1 unspecified atom stereocenters. The van der Waals surface area contributed by atoms with E-state index >= 15 is 0 Å². The summed E-state index contributed by atoms with van der Waals surface area (Å²) in [6.45, 7) is 5.37. The number of carbonyl (C=O) groups is 1. The lowest BCUT2D eigenvalue weighted by atomic mass is 10.0. The maximum Gasteiger partial charge on any atom is 0.237 e. The van der Waals surface area contributed by atoms with Gasteiger partial charge in [-0.2, -0.15) is 0 Å². The molecule has 0 aliphatic heterocycles. The van der Waals surface area contributed by atoms with Crippen LogP contribution in [-0.2, 0) is 11.2 Å². The number of rotatable bonds is 5. The molecule has 3 nitrogen and oxygen atoms in total. The zero-order chi connectivity index (χ0) is 14.6. The Morgan fingerprint density at radius 3 is 2.26 bits per heavy atom. The van der Waals surface area contributed by atoms with Crippen molar-refractivity contribution in [2.45, 2.75) is 39.3 Å². The summed E-state index contributed by atoms with van der Waals surface area (Å²) in [4.78, 5) is 11.7. The van der Waals surface area contributed by atoms with Crippen LogP contribution < -0.4 is 11.1 Å². The van der Waals surface area contributed by atoms with Gasteiger partial charge in [0.15, 0.2) is 0 Å². The van der Waals surface area contributed by atoms with Crippen molar-refractivity contribution in [2.24, 2.45) is 11.7 Å². The minimum Gasteiger partial charge on any atom is -0.352 e. The minimum atomic E-state index is -0.618. The fraction of sp³-hybridized carbons (Fsp3) is 0.500. The Hall–Kier alpha value is -1.49. The highest BCUT2D eigenvalue weighted by molar-refractivity contribution is 5.82. The molecule has 19 heavy (non-hydrogen) atoms. The molecule has 0 aromatic heterocycles. The van der Waals surface area contributed by atoms with E-state index in [9.17, 15) is 13.6 Å². The Morgan fingerprint density at radius 1 is 1.26 bits per heavy atom. The maximum atomic E-state index is 13.5. The zero-order valence-electron chi connectivity index (χ0n) is 11.4. The van der Waals surface area contributed by atoms with Crippen molar-refractivity contribution < 1.29 is 13.6 Å². The second-order valence-corrected chi connectivity index (χ2v) is 5.08. The molecule has 0 spiro atoms. The van der Waals surface area contributed by atoms with E-state index in [4.69, 9.17) is 5.73 Å². The van der Waals surface area contributed by atoms with Gasteiger partial charge >= 0.3 is 0 Å². The van der Waals surface area contributed by atoms with E-state index in [1.54, 1.807) is 6.92 Å². The summed E-state index contributed by atoms with van der Waals surface area (Å²) in [6.07, 6.45) is 0.0923. The fourth-order valence-electron chi connectivity index (χ4n) is 1.73. The van der Waals surface area contributed by atoms with Crippen LogP contribution in [0.5, 0.6) is 0 Å². The van der Waals surface area contributed by atoms with Crippen LogP contribution in [0, 0.1) is 17.6 Å². The highest BCUT2D eigenvalue weighted by Crippen LogP contribution is 2.14. The second-order valence-electron chi connectivity index (χ2n) is 5.08. The molecule has 0 saturated carbocycles. The van der Waals surface area contributed by atoms with Crippen LogP contribution in [0.2, 0.25) is 0 Å². The van der Waals surface area contributed by atoms with E-state index in [0.717, 1.165) is 0 Å². The average molecular weight is 270 g/mol. The third-order valence-electron chi connectivity index (χ3n) is 2.98. The van der Waals surface area contributed by atoms with Crippen molar-refractivity contribution in [3.63, 3.8) is 0 Å². The molecule has 0 radical (unpaired) electrons. The number of carbonyl (C=O) groups excluding carboxylic acids is 1. The van der Waals surface area contributed by atoms with Gasteiger partial charge in [0, 0.05) is 11.6 Å². The molecule has 0 bridgehead atoms. The van der Waals surface area contributed by atoms with Gasteiger partial charge in [0.05, 0.1) is 6.04 Å². The molecule has 2 atom stereocenters. The monoisotopic (exact) mass is 270 g/mol. The first kappa shape index (κ1) is 15.6. The number of nitrogens with two attached hydrogens (primary N) is 1. The largest absolute Gasteiger partial charge is 0.352 e. The Bertz CT molecular complexity index is 429. The van der Waals surface area contributed by atoms with Crippen molar-refractivity contribution in [1.29, 1.82) is 0 Å². The standard InChI is InChI=1S/C14H20F2N2O/c1-8(2)13(17)14(19)18-9(3)7-10-11(15)5-4-6-12(10)16/h4-6,8-9,13H,7,17H2,1-3H3,(H,18,19)/t9?,13-/m1/s1. The smallest absolute Gasteiger partial charge is 0.237 e. The van der Waals surface area contributed by atoms with Gasteiger partial charge in [-0.3, -0.25) is 4.79 Å². The van der Waals surface area contributed by atoms with Crippen molar-refractivity contribution in [3.8, 4) is 0 Å². The van der Waals surface area contributed by atoms with E-state index in [0.29, 0.717) is 0 Å². The van der Waals surface area contributed by atoms with E-state index in [1.807, 2.05) is 13.8 Å². The number of hydrogen-bond acceptors (Lipinski definition) is 2. The van der Waals surface area contributed by atoms with Crippen LogP contribution in [0.1, 0.15) is 26.3 Å². The Kier molecular flexibility index (Phi) is 5.42. The molecule has 0 aliphatic carbocycles. The summed E-state index contributed by atoms with van der Waals surface area (Å²) in [7, 11) is 0. The lowest BCUT2D eigenvalue weighted by Crippen LogP contribution is -2.47. The summed E-state index contributed by atoms with van der Waals surface area (Å²) in [5.41, 5.74) is 5.68. The molecule has 106 valence electrons. The number of hydrogen-bond donors (Lipinski definition) is 2. The van der Waals surface area contributed by atoms with Gasteiger partial charge in [0.25, 0.3) is 0 Å². The van der Waals surface area contributed by atoms with Gasteiger partial charge in [0.1, 0.15) is 11.6 Å². The Morgan fingerprint density at radius 2 is 1.79 bits per heavy atom. The van der Waals surface area contributed by atoms with Crippen molar-refractivity contribution in [1.82, 2.24) is 5.32 Å². The topological polar surface area (TPSA) is 55.1 Å². The molecule has 1 aromatic carbocycles. The number of nitrogens with one attached hydrogen (secondary N) is 1. The summed E-state index contributed by atoms with van der Waals surface area (Å²) < 4.78 is 26.9. The lowest BCUT2D eigenvalue weighted by Gasteiger charge is -2.20. The summed E-state index contributed by atoms with van der Waals surface area (Å²) in [5, 5.41) is 2.67. The fourth-order valence-corrected chi connectivity index (χ4v) is 1.73. The lowest BCUT2D eigenvalue weighted by molar-refractivity contribution is -0.123. The number of halogens is 2. The van der Waals surface area contributed by atoms with E-state index in [-0.39, 0.29) is 29.9 Å². The van der Waals surface area contributed by atoms with Gasteiger partial charge < -0.3 is 11.1 Å². The van der Waals surface area contributed by atoms with E-state index in [1.165, 1.54) is 18.2 Å². The normalized spacial score (nSPS) is 14.3. The summed E-state index contributed by atoms with van der Waals surface area (Å²) in [6, 6.07) is 2.71. The van der Waals surface area contributed by atoms with Gasteiger partial charge in [-0.25, -0.2) is 8.78 Å². The number of benzene rings is 1. The third kappa shape index (κ3) is 4.28. The number of amides is 1. The minimum absolute atomic E-state index is 0.0115. The quantitative estimate of drug-likeness (QED) is 0.859. The zero-order valence-corrected chi connectivity index (χ0v) is 11.4. The molecule has 1 amide bonds. The van der Waals surface area contributed by atoms with Crippen molar-refractivity contribution in [2.75, 3.05) is 0 Å². The first-order chi connectivity index (χ1) is 8.82. The Labute approximate surface area is 112 Å². The highest BCUT2D eigenvalue weighted by Gasteiger charge is 2.20. The average Bonchev–Trinajstić information content (AvgIpc) is 2.32. The highest BCUT2D eigenvalue weighted by atomic mass is 19.1. The summed E-state index contributed by atoms with van der Waals surface area (Å²) in [5.74, 6) is -1.50. The second kappa shape index (κ2) is 6.61. The van der Waals surface area contributed by atoms with Gasteiger partial charge in [0.2, 0.25) is 5.91 Å². The van der Waals surface area contributed by atoms with E-state index < -0.39 is 17.7 Å². The first-order valence-electron chi connectivity index (χ1n) is 6.31. The molecule has 1 aromatic rings. The molecular weight excluding hydrogens is 250 g/mol. The van der Waals surface area contributed by atoms with Crippen LogP contribution in [0.4, 0.5) is 8.78 Å². The van der Waals surface area contributed by atoms with E-state index in [2.05, 4.69) is 5.32 Å². The van der Waals surface area contributed by atoms with Gasteiger partial charge in [-0.15, -0.1) is 0 Å². The van der Waals surface area contributed by atoms with Crippen molar-refractivity contribution in [3.05, 3.63) is 35.4 Å². The molecule has 0 heterocycles. The Balaban J connectivity index is 2.66. The van der Waals surface area contributed by atoms with Crippen molar-refractivity contribution >= 4 is 5.91 Å². The van der Waals surface area contributed by atoms with Crippen LogP contribution in [0.25, 0.3) is 0 Å². The molecule has 0 fully saturated rings. The predicted octanol–water partition coefficient (Wildman–Crippen LogP) is 2.00. The molecule has 5 heteroatoms. The first-order valence-corrected chi connectivity index (χ1v) is 6.31. The molecule has 1 rings (SSSR count). The maximum absolute atomic E-state index is 13.5. The predicted molar refractivity (Wildman–Crippen MR) is 70.5 cm³/mol. The van der Waals surface area contributed by atoms with Crippen LogP contribution in [0.3, 0.4) is 0 Å².